The van der Waals surface area contributed by atoms with Crippen LogP contribution in [0.15, 0.2) is 52.7 Å². The van der Waals surface area contributed by atoms with Gasteiger partial charge >= 0.3 is 6.01 Å². The number of allylic oxidation sites excluding steroid dienone is 1. The van der Waals surface area contributed by atoms with E-state index >= 15 is 0 Å². The van der Waals surface area contributed by atoms with Crippen molar-refractivity contribution >= 4 is 17.8 Å². The van der Waals surface area contributed by atoms with Gasteiger partial charge in [0.25, 0.3) is 11.8 Å². The molecule has 2 aromatic rings. The lowest BCUT2D eigenvalue weighted by Gasteiger charge is -2.12. The van der Waals surface area contributed by atoms with Gasteiger partial charge in [-0.2, -0.15) is 4.98 Å². The summed E-state index contributed by atoms with van der Waals surface area (Å²) in [6, 6.07) is 8.75. The number of nitrogens with one attached hydrogen (secondary N) is 2. The van der Waals surface area contributed by atoms with Crippen molar-refractivity contribution in [2.24, 2.45) is 0 Å². The van der Waals surface area contributed by atoms with Crippen LogP contribution >= 0.6 is 0 Å². The molecule has 2 amide bonds. The molecule has 0 unspecified atom stereocenters. The fraction of sp³-hybridized carbons (Fsp3) is 0.316. The molecule has 6 nitrogen and oxygen atoms in total. The lowest BCUT2D eigenvalue weighted by Crippen LogP contribution is -2.25. The van der Waals surface area contributed by atoms with Crippen molar-refractivity contribution in [2.75, 3.05) is 11.9 Å². The summed E-state index contributed by atoms with van der Waals surface area (Å²) in [7, 11) is 0. The van der Waals surface area contributed by atoms with E-state index in [0.29, 0.717) is 12.1 Å². The van der Waals surface area contributed by atoms with Crippen LogP contribution in [0.5, 0.6) is 0 Å². The largest absolute Gasteiger partial charge is 0.431 e. The lowest BCUT2D eigenvalue weighted by molar-refractivity contribution is 0.0947. The van der Waals surface area contributed by atoms with Crippen LogP contribution in [0.4, 0.5) is 6.01 Å². The molecule has 1 aliphatic rings. The predicted octanol–water partition coefficient (Wildman–Crippen LogP) is 3.55. The van der Waals surface area contributed by atoms with E-state index in [1.807, 2.05) is 6.07 Å². The second-order valence-corrected chi connectivity index (χ2v) is 5.97. The minimum Gasteiger partial charge on any atom is -0.431 e. The number of hydrogen-bond acceptors (Lipinski definition) is 4. The highest BCUT2D eigenvalue weighted by molar-refractivity contribution is 6.03. The van der Waals surface area contributed by atoms with Crippen LogP contribution in [0.1, 0.15) is 53.0 Å². The zero-order valence-electron chi connectivity index (χ0n) is 14.0. The third-order valence-corrected chi connectivity index (χ3v) is 4.11. The zero-order chi connectivity index (χ0) is 17.5. The number of rotatable bonds is 6. The zero-order valence-corrected chi connectivity index (χ0v) is 14.0. The summed E-state index contributed by atoms with van der Waals surface area (Å²) in [6.07, 6.45) is 9.12. The van der Waals surface area contributed by atoms with E-state index in [1.165, 1.54) is 24.7 Å². The lowest BCUT2D eigenvalue weighted by atomic mass is 9.97. The van der Waals surface area contributed by atoms with Crippen molar-refractivity contribution in [1.82, 2.24) is 10.3 Å². The number of oxazole rings is 1. The van der Waals surface area contributed by atoms with Crippen molar-refractivity contribution in [3.63, 3.8) is 0 Å². The fourth-order valence-corrected chi connectivity index (χ4v) is 2.75. The topological polar surface area (TPSA) is 84.2 Å². The number of hydrogen-bond donors (Lipinski definition) is 2. The number of amides is 2. The summed E-state index contributed by atoms with van der Waals surface area (Å²) in [5, 5.41) is 5.37. The maximum atomic E-state index is 12.1. The van der Waals surface area contributed by atoms with Crippen LogP contribution in [0.3, 0.4) is 0 Å². The molecule has 1 aliphatic carbocycles. The number of anilines is 1. The molecular weight excluding hydrogens is 318 g/mol. The Kier molecular flexibility index (Phi) is 5.61. The molecule has 25 heavy (non-hydrogen) atoms. The standard InChI is InChI=1S/C19H21N3O3/c23-17(15-9-5-2-6-10-15)22-19-21-16(13-25-19)18(24)20-12-11-14-7-3-1-4-8-14/h2,5-7,9-10,13H,1,3-4,8,11-12H2,(H,20,24)(H,21,22,23). The molecule has 0 aliphatic heterocycles. The average molecular weight is 339 g/mol. The first-order valence-corrected chi connectivity index (χ1v) is 8.50. The molecule has 0 fully saturated rings. The third-order valence-electron chi connectivity index (χ3n) is 4.11. The average Bonchev–Trinajstić information content (AvgIpc) is 3.12. The Balaban J connectivity index is 1.49. The molecule has 0 saturated carbocycles. The maximum absolute atomic E-state index is 12.1. The molecule has 1 aromatic carbocycles. The van der Waals surface area contributed by atoms with Crippen molar-refractivity contribution in [3.05, 3.63) is 59.5 Å². The molecule has 0 radical (unpaired) electrons. The number of carbonyl (C=O) groups is 2. The molecule has 2 N–H and O–H groups in total. The molecule has 0 saturated heterocycles. The number of benzene rings is 1. The minimum absolute atomic E-state index is 0.00833. The van der Waals surface area contributed by atoms with Gasteiger partial charge in [0, 0.05) is 12.1 Å². The van der Waals surface area contributed by atoms with Crippen molar-refractivity contribution in [1.29, 1.82) is 0 Å². The predicted molar refractivity (Wildman–Crippen MR) is 94.4 cm³/mol. The van der Waals surface area contributed by atoms with E-state index in [1.54, 1.807) is 24.3 Å². The van der Waals surface area contributed by atoms with Gasteiger partial charge in [0.05, 0.1) is 0 Å². The van der Waals surface area contributed by atoms with Crippen LogP contribution in [0, 0.1) is 0 Å². The molecule has 3 rings (SSSR count). The number of nitrogens with zero attached hydrogens (tertiary/aromatic N) is 1. The normalized spacial score (nSPS) is 13.8. The molecule has 1 aromatic heterocycles. The first kappa shape index (κ1) is 17.0. The summed E-state index contributed by atoms with van der Waals surface area (Å²) in [5.41, 5.74) is 2.05. The van der Waals surface area contributed by atoms with Gasteiger partial charge in [0.1, 0.15) is 6.26 Å². The number of aromatic nitrogens is 1. The summed E-state index contributed by atoms with van der Waals surface area (Å²) < 4.78 is 5.16. The monoisotopic (exact) mass is 339 g/mol. The Labute approximate surface area is 146 Å². The van der Waals surface area contributed by atoms with Crippen molar-refractivity contribution in [2.45, 2.75) is 32.1 Å². The maximum Gasteiger partial charge on any atom is 0.302 e. The summed E-state index contributed by atoms with van der Waals surface area (Å²) in [4.78, 5) is 28.1. The van der Waals surface area contributed by atoms with Gasteiger partial charge in [-0.3, -0.25) is 14.9 Å². The molecule has 130 valence electrons. The van der Waals surface area contributed by atoms with Gasteiger partial charge in [-0.25, -0.2) is 0 Å². The SMILES string of the molecule is O=C(Nc1nc(C(=O)NCCC2=CCCCC2)co1)c1ccccc1. The van der Waals surface area contributed by atoms with Crippen molar-refractivity contribution in [3.8, 4) is 0 Å². The van der Waals surface area contributed by atoms with E-state index in [0.717, 1.165) is 19.3 Å². The first-order valence-electron chi connectivity index (χ1n) is 8.50. The molecule has 1 heterocycles. The van der Waals surface area contributed by atoms with Crippen LogP contribution < -0.4 is 10.6 Å². The molecular formula is C19H21N3O3. The Morgan fingerprint density at radius 3 is 2.72 bits per heavy atom. The van der Waals surface area contributed by atoms with E-state index in [2.05, 4.69) is 21.7 Å². The highest BCUT2D eigenvalue weighted by atomic mass is 16.4. The Hall–Kier alpha value is -2.89. The van der Waals surface area contributed by atoms with Crippen LogP contribution in [0.25, 0.3) is 0 Å². The highest BCUT2D eigenvalue weighted by Crippen LogP contribution is 2.19. The minimum atomic E-state index is -0.335. The van der Waals surface area contributed by atoms with Gasteiger partial charge in [-0.05, 0) is 44.2 Å². The van der Waals surface area contributed by atoms with Crippen LogP contribution in [0.2, 0.25) is 0 Å². The quantitative estimate of drug-likeness (QED) is 0.788. The van der Waals surface area contributed by atoms with Gasteiger partial charge in [0.2, 0.25) is 0 Å². The molecule has 0 atom stereocenters. The van der Waals surface area contributed by atoms with Gasteiger partial charge in [-0.1, -0.05) is 29.8 Å². The summed E-state index contributed by atoms with van der Waals surface area (Å²) in [6.45, 7) is 0.573. The Bertz CT molecular complexity index is 765. The van der Waals surface area contributed by atoms with Gasteiger partial charge in [-0.15, -0.1) is 0 Å². The Morgan fingerprint density at radius 1 is 1.12 bits per heavy atom. The third kappa shape index (κ3) is 4.79. The second-order valence-electron chi connectivity index (χ2n) is 5.97. The van der Waals surface area contributed by atoms with E-state index in [-0.39, 0.29) is 23.5 Å². The van der Waals surface area contributed by atoms with Gasteiger partial charge < -0.3 is 9.73 Å². The highest BCUT2D eigenvalue weighted by Gasteiger charge is 2.14. The Morgan fingerprint density at radius 2 is 1.96 bits per heavy atom. The van der Waals surface area contributed by atoms with Crippen molar-refractivity contribution < 1.29 is 14.0 Å². The van der Waals surface area contributed by atoms with Gasteiger partial charge in [0.15, 0.2) is 5.69 Å². The summed E-state index contributed by atoms with van der Waals surface area (Å²) >= 11 is 0. The molecule has 0 bridgehead atoms. The molecule has 6 heteroatoms. The van der Waals surface area contributed by atoms with Crippen LogP contribution in [-0.4, -0.2) is 23.3 Å². The summed E-state index contributed by atoms with van der Waals surface area (Å²) in [5.74, 6) is -0.640. The van der Waals surface area contributed by atoms with E-state index in [9.17, 15) is 9.59 Å². The second kappa shape index (κ2) is 8.28. The smallest absolute Gasteiger partial charge is 0.302 e. The van der Waals surface area contributed by atoms with E-state index in [4.69, 9.17) is 4.42 Å². The van der Waals surface area contributed by atoms with E-state index < -0.39 is 0 Å². The first-order chi connectivity index (χ1) is 12.2. The van der Waals surface area contributed by atoms with Crippen LogP contribution in [-0.2, 0) is 0 Å². The number of carbonyl (C=O) groups excluding carboxylic acids is 2. The fourth-order valence-electron chi connectivity index (χ4n) is 2.75. The molecule has 0 spiro atoms.